The second-order valence-corrected chi connectivity index (χ2v) is 8.28. The van der Waals surface area contributed by atoms with Crippen LogP contribution in [0.15, 0.2) is 60.1 Å². The molecule has 3 aliphatic carbocycles. The van der Waals surface area contributed by atoms with Gasteiger partial charge in [0.05, 0.1) is 11.1 Å². The molecule has 1 fully saturated rings. The first-order chi connectivity index (χ1) is 14.1. The van der Waals surface area contributed by atoms with Gasteiger partial charge >= 0.3 is 0 Å². The number of benzene rings is 1. The summed E-state index contributed by atoms with van der Waals surface area (Å²) in [6.07, 6.45) is 7.20. The zero-order valence-corrected chi connectivity index (χ0v) is 15.6. The summed E-state index contributed by atoms with van der Waals surface area (Å²) in [4.78, 5) is 46.5. The number of hydrogen-bond acceptors (Lipinski definition) is 4. The summed E-state index contributed by atoms with van der Waals surface area (Å²) in [7, 11) is 0. The molecule has 29 heavy (non-hydrogen) atoms. The van der Waals surface area contributed by atoms with Gasteiger partial charge in [0.2, 0.25) is 0 Å². The van der Waals surface area contributed by atoms with E-state index in [2.05, 4.69) is 34.2 Å². The number of allylic oxidation sites excluding steroid dienone is 2. The van der Waals surface area contributed by atoms with Crippen molar-refractivity contribution in [1.29, 1.82) is 0 Å². The number of pyridine rings is 1. The summed E-state index contributed by atoms with van der Waals surface area (Å²) >= 11 is 0. The van der Waals surface area contributed by atoms with Crippen LogP contribution in [0.1, 0.15) is 51.5 Å². The smallest absolute Gasteiger partial charge is 0.197 e. The normalized spacial score (nSPS) is 25.9. The first kappa shape index (κ1) is 16.6. The molecule has 0 radical (unpaired) electrons. The van der Waals surface area contributed by atoms with Crippen LogP contribution in [0.25, 0.3) is 10.9 Å². The Morgan fingerprint density at radius 1 is 0.931 bits per heavy atom. The third kappa shape index (κ3) is 2.21. The number of H-pyrrole nitrogens is 1. The highest BCUT2D eigenvalue weighted by Crippen LogP contribution is 2.51. The molecular formula is C24H18N2O3. The van der Waals surface area contributed by atoms with E-state index in [0.717, 1.165) is 23.7 Å². The van der Waals surface area contributed by atoms with Crippen molar-refractivity contribution in [2.24, 2.45) is 11.8 Å². The van der Waals surface area contributed by atoms with Gasteiger partial charge in [0, 0.05) is 41.2 Å². The summed E-state index contributed by atoms with van der Waals surface area (Å²) in [6.45, 7) is 0. The molecule has 3 aliphatic rings. The fourth-order valence-corrected chi connectivity index (χ4v) is 5.50. The number of carbonyl (C=O) groups excluding carboxylic acids is 3. The van der Waals surface area contributed by atoms with Crippen LogP contribution in [0, 0.1) is 11.8 Å². The number of nitrogens with zero attached hydrogens (tertiary/aromatic N) is 1. The Hall–Kier alpha value is -3.34. The number of Topliss-reactive ketones (excluding diaryl/α,β-unsaturated/α-hetero) is 3. The Bertz CT molecular complexity index is 1270. The molecule has 2 heterocycles. The molecule has 3 atom stereocenters. The minimum Gasteiger partial charge on any atom is -0.361 e. The number of rotatable bonds is 1. The first-order valence-electron chi connectivity index (χ1n) is 10.0. The van der Waals surface area contributed by atoms with Gasteiger partial charge in [0.15, 0.2) is 17.3 Å². The molecule has 1 N–H and O–H groups in total. The van der Waals surface area contributed by atoms with Gasteiger partial charge in [-0.3, -0.25) is 19.4 Å². The molecule has 1 saturated carbocycles. The van der Waals surface area contributed by atoms with Crippen LogP contribution in [0.5, 0.6) is 0 Å². The Morgan fingerprint density at radius 2 is 1.83 bits per heavy atom. The molecule has 0 bridgehead atoms. The molecule has 0 spiro atoms. The highest BCUT2D eigenvalue weighted by Gasteiger charge is 2.51. The number of aromatic nitrogens is 2. The lowest BCUT2D eigenvalue weighted by atomic mass is 9.70. The summed E-state index contributed by atoms with van der Waals surface area (Å²) in [5.74, 6) is -0.781. The van der Waals surface area contributed by atoms with Gasteiger partial charge in [-0.25, -0.2) is 0 Å². The molecule has 0 saturated heterocycles. The Morgan fingerprint density at radius 3 is 2.72 bits per heavy atom. The fraction of sp³-hybridized carbons (Fsp3) is 0.250. The number of ketones is 3. The quantitative estimate of drug-likeness (QED) is 0.645. The molecule has 1 aromatic carbocycles. The van der Waals surface area contributed by atoms with Gasteiger partial charge < -0.3 is 4.98 Å². The van der Waals surface area contributed by atoms with Gasteiger partial charge in [-0.05, 0) is 66.3 Å². The molecule has 3 unspecified atom stereocenters. The maximum Gasteiger partial charge on any atom is 0.197 e. The summed E-state index contributed by atoms with van der Waals surface area (Å²) in [6, 6.07) is 10.00. The minimum atomic E-state index is -0.304. The van der Waals surface area contributed by atoms with Crippen LogP contribution in [0.4, 0.5) is 0 Å². The number of carbonyl (C=O) groups is 3. The van der Waals surface area contributed by atoms with E-state index in [-0.39, 0.29) is 40.7 Å². The van der Waals surface area contributed by atoms with Crippen molar-refractivity contribution >= 4 is 28.3 Å². The Kier molecular flexibility index (Phi) is 3.34. The van der Waals surface area contributed by atoms with Gasteiger partial charge in [-0.2, -0.15) is 0 Å². The molecule has 6 rings (SSSR count). The van der Waals surface area contributed by atoms with Crippen molar-refractivity contribution in [1.82, 2.24) is 9.97 Å². The van der Waals surface area contributed by atoms with E-state index in [9.17, 15) is 14.4 Å². The van der Waals surface area contributed by atoms with Gasteiger partial charge in [0.1, 0.15) is 0 Å². The van der Waals surface area contributed by atoms with E-state index in [4.69, 9.17) is 0 Å². The molecule has 0 amide bonds. The highest BCUT2D eigenvalue weighted by molar-refractivity contribution is 6.38. The van der Waals surface area contributed by atoms with E-state index in [1.54, 1.807) is 6.07 Å². The maximum atomic E-state index is 13.2. The topological polar surface area (TPSA) is 79.9 Å². The molecular weight excluding hydrogens is 364 g/mol. The van der Waals surface area contributed by atoms with Crippen LogP contribution < -0.4 is 0 Å². The second kappa shape index (κ2) is 5.83. The predicted octanol–water partition coefficient (Wildman–Crippen LogP) is 4.02. The van der Waals surface area contributed by atoms with E-state index >= 15 is 0 Å². The zero-order valence-electron chi connectivity index (χ0n) is 15.6. The molecule has 2 aromatic heterocycles. The average Bonchev–Trinajstić information content (AvgIpc) is 3.34. The summed E-state index contributed by atoms with van der Waals surface area (Å²) in [5, 5.41) is 1.16. The highest BCUT2D eigenvalue weighted by atomic mass is 16.2. The van der Waals surface area contributed by atoms with E-state index in [1.165, 1.54) is 18.0 Å². The Labute approximate surface area is 166 Å². The molecule has 142 valence electrons. The van der Waals surface area contributed by atoms with Crippen molar-refractivity contribution in [3.8, 4) is 0 Å². The monoisotopic (exact) mass is 382 g/mol. The molecule has 3 aromatic rings. The largest absolute Gasteiger partial charge is 0.361 e. The van der Waals surface area contributed by atoms with Crippen molar-refractivity contribution in [2.75, 3.05) is 0 Å². The van der Waals surface area contributed by atoms with Crippen molar-refractivity contribution in [3.63, 3.8) is 0 Å². The maximum absolute atomic E-state index is 13.2. The van der Waals surface area contributed by atoms with Crippen LogP contribution in [-0.4, -0.2) is 27.3 Å². The van der Waals surface area contributed by atoms with Crippen LogP contribution in [0.2, 0.25) is 0 Å². The minimum absolute atomic E-state index is 0.134. The van der Waals surface area contributed by atoms with Crippen LogP contribution in [-0.2, 0) is 4.79 Å². The Balaban J connectivity index is 1.41. The number of nitrogens with one attached hydrogen (secondary N) is 1. The van der Waals surface area contributed by atoms with Crippen molar-refractivity contribution in [3.05, 3.63) is 76.8 Å². The van der Waals surface area contributed by atoms with E-state index in [1.807, 2.05) is 6.20 Å². The van der Waals surface area contributed by atoms with Crippen molar-refractivity contribution < 1.29 is 14.4 Å². The fourth-order valence-electron chi connectivity index (χ4n) is 5.50. The lowest BCUT2D eigenvalue weighted by molar-refractivity contribution is -0.119. The standard InChI is InChI=1S/C24H18N2O3/c27-22-15-3-1-13(12-2-4-19-14(9-12)5-8-26-19)10-17(15)20-21(22)23(28)16-6-7-25-11-18(16)24(20)29/h2,4-9,11,13,15,17,26H,1,3,10H2. The first-order valence-corrected chi connectivity index (χ1v) is 10.0. The molecule has 0 aliphatic heterocycles. The van der Waals surface area contributed by atoms with Gasteiger partial charge in [-0.1, -0.05) is 6.07 Å². The van der Waals surface area contributed by atoms with E-state index < -0.39 is 0 Å². The SMILES string of the molecule is O=C1C2=C(C(=O)c3cnccc31)C1CC(c3ccc4[nH]ccc4c3)CCC1C2=O. The van der Waals surface area contributed by atoms with Crippen molar-refractivity contribution in [2.45, 2.75) is 25.2 Å². The van der Waals surface area contributed by atoms with E-state index in [0.29, 0.717) is 23.1 Å². The zero-order chi connectivity index (χ0) is 19.7. The molecule has 5 nitrogen and oxygen atoms in total. The summed E-state index contributed by atoms with van der Waals surface area (Å²) < 4.78 is 0. The lowest BCUT2D eigenvalue weighted by Gasteiger charge is -2.32. The third-order valence-electron chi connectivity index (χ3n) is 6.90. The average molecular weight is 382 g/mol. The molecule has 5 heteroatoms. The van der Waals surface area contributed by atoms with Gasteiger partial charge in [-0.15, -0.1) is 0 Å². The van der Waals surface area contributed by atoms with Crippen LogP contribution in [0.3, 0.4) is 0 Å². The van der Waals surface area contributed by atoms with Crippen LogP contribution >= 0.6 is 0 Å². The third-order valence-corrected chi connectivity index (χ3v) is 6.90. The lowest BCUT2D eigenvalue weighted by Crippen LogP contribution is -2.27. The number of fused-ring (bicyclic) bond motifs is 4. The second-order valence-electron chi connectivity index (χ2n) is 8.28. The number of hydrogen-bond donors (Lipinski definition) is 1. The number of aromatic amines is 1. The van der Waals surface area contributed by atoms with Gasteiger partial charge in [0.25, 0.3) is 0 Å². The predicted molar refractivity (Wildman–Crippen MR) is 107 cm³/mol. The summed E-state index contributed by atoms with van der Waals surface area (Å²) in [5.41, 5.74) is 3.56.